The number of nitrogens with zero attached hydrogens (tertiary/aromatic N) is 2. The number of fused-ring (bicyclic) bond motifs is 1. The molecule has 3 rings (SSSR count). The lowest BCUT2D eigenvalue weighted by atomic mass is 10.1. The highest BCUT2D eigenvalue weighted by atomic mass is 32.2. The molecule has 0 aliphatic rings. The molecule has 2 N–H and O–H groups in total. The summed E-state index contributed by atoms with van der Waals surface area (Å²) in [5.41, 5.74) is 2.14. The maximum absolute atomic E-state index is 13.6. The molecule has 2 aromatic carbocycles. The zero-order valence-electron chi connectivity index (χ0n) is 17.0. The fourth-order valence-corrected chi connectivity index (χ4v) is 4.50. The molecule has 0 unspecified atom stereocenters. The number of aryl methyl sites for hydroxylation is 1. The molecule has 30 heavy (non-hydrogen) atoms. The lowest BCUT2D eigenvalue weighted by Crippen LogP contribution is -2.41. The first kappa shape index (κ1) is 21.9. The lowest BCUT2D eigenvalue weighted by molar-refractivity contribution is -0.139. The van der Waals surface area contributed by atoms with Crippen LogP contribution in [0, 0.1) is 18.7 Å². The number of carbonyl (C=O) groups is 1. The second-order valence-electron chi connectivity index (χ2n) is 7.66. The zero-order valence-corrected chi connectivity index (χ0v) is 17.8. The summed E-state index contributed by atoms with van der Waals surface area (Å²) in [6.07, 6.45) is 0.191. The number of nitrogens with one attached hydrogen (secondary N) is 1. The lowest BCUT2D eigenvalue weighted by Gasteiger charge is -2.17. The first-order chi connectivity index (χ1) is 14.1. The molecular formula is C21H24FN3O4S. The molecular weight excluding hydrogens is 409 g/mol. The fourth-order valence-electron chi connectivity index (χ4n) is 3.30. The third-order valence-electron chi connectivity index (χ3n) is 4.78. The Morgan fingerprint density at radius 1 is 1.20 bits per heavy atom. The summed E-state index contributed by atoms with van der Waals surface area (Å²) in [7, 11) is -3.98. The minimum atomic E-state index is -3.98. The number of sulfonamides is 1. The minimum absolute atomic E-state index is 0.0143. The molecule has 0 fully saturated rings. The van der Waals surface area contributed by atoms with Gasteiger partial charge in [0.15, 0.2) is 0 Å². The number of benzene rings is 2. The van der Waals surface area contributed by atoms with Gasteiger partial charge in [0.1, 0.15) is 17.7 Å². The van der Waals surface area contributed by atoms with E-state index >= 15 is 0 Å². The van der Waals surface area contributed by atoms with E-state index in [1.807, 2.05) is 25.3 Å². The molecule has 0 bridgehead atoms. The van der Waals surface area contributed by atoms with E-state index < -0.39 is 22.0 Å². The maximum atomic E-state index is 13.6. The highest BCUT2D eigenvalue weighted by Gasteiger charge is 2.26. The Morgan fingerprint density at radius 2 is 1.87 bits per heavy atom. The number of aromatic nitrogens is 2. The molecule has 0 spiro atoms. The van der Waals surface area contributed by atoms with Crippen LogP contribution in [0.2, 0.25) is 0 Å². The van der Waals surface area contributed by atoms with Crippen LogP contribution in [0.3, 0.4) is 0 Å². The van der Waals surface area contributed by atoms with Gasteiger partial charge >= 0.3 is 5.97 Å². The molecule has 3 aromatic rings. The molecule has 0 aliphatic carbocycles. The first-order valence-corrected chi connectivity index (χ1v) is 11.0. The number of hydrogen-bond acceptors (Lipinski definition) is 4. The van der Waals surface area contributed by atoms with Crippen molar-refractivity contribution in [3.05, 3.63) is 59.7 Å². The summed E-state index contributed by atoms with van der Waals surface area (Å²) in [6, 6.07) is 9.36. The third kappa shape index (κ3) is 4.85. The normalized spacial score (nSPS) is 13.1. The predicted octanol–water partition coefficient (Wildman–Crippen LogP) is 3.31. The molecule has 1 atom stereocenters. The van der Waals surface area contributed by atoms with Crippen LogP contribution < -0.4 is 4.72 Å². The van der Waals surface area contributed by atoms with E-state index in [-0.39, 0.29) is 23.1 Å². The van der Waals surface area contributed by atoms with Gasteiger partial charge in [0.2, 0.25) is 10.0 Å². The number of halogens is 1. The molecule has 160 valence electrons. The molecule has 9 heteroatoms. The van der Waals surface area contributed by atoms with Gasteiger partial charge in [-0.05, 0) is 55.2 Å². The second-order valence-corrected chi connectivity index (χ2v) is 9.38. The zero-order chi connectivity index (χ0) is 22.1. The topological polar surface area (TPSA) is 101 Å². The van der Waals surface area contributed by atoms with E-state index in [9.17, 15) is 22.7 Å². The Labute approximate surface area is 174 Å². The van der Waals surface area contributed by atoms with Gasteiger partial charge in [0, 0.05) is 6.54 Å². The molecule has 7 nitrogen and oxygen atoms in total. The molecule has 0 amide bonds. The monoisotopic (exact) mass is 433 g/mol. The van der Waals surface area contributed by atoms with Crippen molar-refractivity contribution in [2.45, 2.75) is 44.7 Å². The van der Waals surface area contributed by atoms with Crippen LogP contribution in [0.25, 0.3) is 11.0 Å². The molecule has 0 aliphatic heterocycles. The number of hydrogen-bond donors (Lipinski definition) is 2. The van der Waals surface area contributed by atoms with Crippen LogP contribution in [0.15, 0.2) is 47.4 Å². The molecule has 0 radical (unpaired) electrons. The quantitative estimate of drug-likeness (QED) is 0.568. The number of rotatable bonds is 8. The van der Waals surface area contributed by atoms with Crippen molar-refractivity contribution >= 4 is 27.0 Å². The molecule has 1 aromatic heterocycles. The van der Waals surface area contributed by atoms with E-state index in [4.69, 9.17) is 0 Å². The van der Waals surface area contributed by atoms with Crippen LogP contribution in [-0.2, 0) is 21.4 Å². The van der Waals surface area contributed by atoms with Crippen molar-refractivity contribution in [3.63, 3.8) is 0 Å². The fraction of sp³-hybridized carbons (Fsp3) is 0.333. The summed E-state index contributed by atoms with van der Waals surface area (Å²) in [5, 5.41) is 9.29. The molecule has 0 saturated carbocycles. The third-order valence-corrected chi connectivity index (χ3v) is 6.27. The Bertz CT molecular complexity index is 1170. The SMILES string of the molecule is Cc1nc2ccc(F)cc2n1Cc1ccc(S(=O)(=O)N[C@@H](CC(C)C)C(=O)O)cc1. The molecule has 0 saturated heterocycles. The van der Waals surface area contributed by atoms with Crippen molar-refractivity contribution < 1.29 is 22.7 Å². The van der Waals surface area contributed by atoms with Gasteiger partial charge in [-0.3, -0.25) is 4.79 Å². The predicted molar refractivity (Wildman–Crippen MR) is 111 cm³/mol. The van der Waals surface area contributed by atoms with Gasteiger partial charge in [-0.2, -0.15) is 4.72 Å². The largest absolute Gasteiger partial charge is 0.480 e. The maximum Gasteiger partial charge on any atom is 0.321 e. The van der Waals surface area contributed by atoms with Gasteiger partial charge < -0.3 is 9.67 Å². The van der Waals surface area contributed by atoms with E-state index in [2.05, 4.69) is 9.71 Å². The Morgan fingerprint density at radius 3 is 2.47 bits per heavy atom. The van der Waals surface area contributed by atoms with Crippen molar-refractivity contribution in [2.75, 3.05) is 0 Å². The summed E-state index contributed by atoms with van der Waals surface area (Å²) in [5.74, 6) is -0.828. The van der Waals surface area contributed by atoms with E-state index in [0.29, 0.717) is 23.4 Å². The van der Waals surface area contributed by atoms with E-state index in [0.717, 1.165) is 5.56 Å². The summed E-state index contributed by atoms with van der Waals surface area (Å²) >= 11 is 0. The van der Waals surface area contributed by atoms with Crippen LogP contribution in [0.5, 0.6) is 0 Å². The number of carboxylic acids is 1. The van der Waals surface area contributed by atoms with Crippen molar-refractivity contribution in [3.8, 4) is 0 Å². The average Bonchev–Trinajstić information content (AvgIpc) is 2.96. The summed E-state index contributed by atoms with van der Waals surface area (Å²) in [6.45, 7) is 5.87. The van der Waals surface area contributed by atoms with Crippen LogP contribution >= 0.6 is 0 Å². The van der Waals surface area contributed by atoms with Gasteiger partial charge in [0.25, 0.3) is 0 Å². The van der Waals surface area contributed by atoms with E-state index in [1.165, 1.54) is 24.3 Å². The number of carboxylic acid groups (broad SMARTS) is 1. The minimum Gasteiger partial charge on any atom is -0.480 e. The standard InChI is InChI=1S/C21H24FN3O4S/c1-13(2)10-19(21(26)27)24-30(28,29)17-7-4-15(5-8-17)12-25-14(3)23-18-9-6-16(22)11-20(18)25/h4-9,11,13,19,24H,10,12H2,1-3H3,(H,26,27)/t19-/m0/s1. The van der Waals surface area contributed by atoms with Crippen molar-refractivity contribution in [1.82, 2.24) is 14.3 Å². The highest BCUT2D eigenvalue weighted by molar-refractivity contribution is 7.89. The summed E-state index contributed by atoms with van der Waals surface area (Å²) in [4.78, 5) is 15.8. The van der Waals surface area contributed by atoms with Crippen LogP contribution in [0.4, 0.5) is 4.39 Å². The summed E-state index contributed by atoms with van der Waals surface area (Å²) < 4.78 is 42.9. The average molecular weight is 434 g/mol. The van der Waals surface area contributed by atoms with Crippen molar-refractivity contribution in [2.24, 2.45) is 5.92 Å². The van der Waals surface area contributed by atoms with Gasteiger partial charge in [-0.15, -0.1) is 0 Å². The van der Waals surface area contributed by atoms with Crippen LogP contribution in [0.1, 0.15) is 31.7 Å². The number of imidazole rings is 1. The van der Waals surface area contributed by atoms with Crippen molar-refractivity contribution in [1.29, 1.82) is 0 Å². The Hall–Kier alpha value is -2.78. The van der Waals surface area contributed by atoms with Gasteiger partial charge in [-0.1, -0.05) is 26.0 Å². The number of aliphatic carboxylic acids is 1. The second kappa shape index (κ2) is 8.53. The Kier molecular flexibility index (Phi) is 6.23. The van der Waals surface area contributed by atoms with Gasteiger partial charge in [0.05, 0.1) is 15.9 Å². The highest BCUT2D eigenvalue weighted by Crippen LogP contribution is 2.20. The molecule has 1 heterocycles. The van der Waals surface area contributed by atoms with Gasteiger partial charge in [-0.25, -0.2) is 17.8 Å². The smallest absolute Gasteiger partial charge is 0.321 e. The van der Waals surface area contributed by atoms with Crippen LogP contribution in [-0.4, -0.2) is 35.1 Å². The Balaban J connectivity index is 1.82. The first-order valence-electron chi connectivity index (χ1n) is 9.53. The van der Waals surface area contributed by atoms with E-state index in [1.54, 1.807) is 18.2 Å².